The van der Waals surface area contributed by atoms with Crippen LogP contribution < -0.4 is 5.56 Å². The van der Waals surface area contributed by atoms with Gasteiger partial charge in [-0.15, -0.1) is 17.9 Å². The van der Waals surface area contributed by atoms with Crippen LogP contribution in [-0.4, -0.2) is 9.55 Å². The Labute approximate surface area is 144 Å². The molecular weight excluding hydrogens is 380 g/mol. The molecule has 0 aliphatic rings. The minimum atomic E-state index is -0.0136. The number of hydrogen-bond acceptors (Lipinski definition) is 4. The predicted molar refractivity (Wildman–Crippen MR) is 97.8 cm³/mol. The normalized spacial score (nSPS) is 11.0. The summed E-state index contributed by atoms with van der Waals surface area (Å²) in [5.74, 6) is 0.790. The maximum absolute atomic E-state index is 12.6. The van der Waals surface area contributed by atoms with Crippen molar-refractivity contribution in [3.8, 4) is 0 Å². The Balaban J connectivity index is 2.01. The third-order valence-electron chi connectivity index (χ3n) is 3.11. The van der Waals surface area contributed by atoms with Crippen LogP contribution in [0.15, 0.2) is 62.8 Å². The van der Waals surface area contributed by atoms with E-state index in [0.717, 1.165) is 20.2 Å². The van der Waals surface area contributed by atoms with Crippen molar-refractivity contribution in [3.05, 3.63) is 68.1 Å². The van der Waals surface area contributed by atoms with Gasteiger partial charge in [-0.3, -0.25) is 9.36 Å². The number of hydrogen-bond donors (Lipinski definition) is 0. The zero-order valence-electron chi connectivity index (χ0n) is 11.7. The van der Waals surface area contributed by atoms with Gasteiger partial charge in [-0.25, -0.2) is 4.98 Å². The van der Waals surface area contributed by atoms with Crippen LogP contribution in [0, 0.1) is 0 Å². The molecule has 22 heavy (non-hydrogen) atoms. The fraction of sp³-hybridized carbons (Fsp3) is 0.125. The summed E-state index contributed by atoms with van der Waals surface area (Å²) in [6, 6.07) is 11.6. The Kier molecular flexibility index (Phi) is 4.81. The summed E-state index contributed by atoms with van der Waals surface area (Å²) >= 11 is 6.74. The first-order chi connectivity index (χ1) is 10.7. The van der Waals surface area contributed by atoms with Gasteiger partial charge in [0.1, 0.15) is 0 Å². The molecule has 3 rings (SSSR count). The molecule has 0 saturated heterocycles. The predicted octanol–water partition coefficient (Wildman–Crippen LogP) is 4.70. The molecule has 0 aliphatic carbocycles. The van der Waals surface area contributed by atoms with Crippen LogP contribution in [0.2, 0.25) is 0 Å². The number of fused-ring (bicyclic) bond motifs is 1. The Morgan fingerprint density at radius 3 is 2.86 bits per heavy atom. The standard InChI is InChI=1S/C16H13BrN2OS2/c1-2-9-19-15(20)12-5-3-4-6-13(12)18-16(19)21-10-11-7-8-14(17)22-11/h2-8H,1,9-10H2. The number of aromatic nitrogens is 2. The van der Waals surface area contributed by atoms with Crippen LogP contribution in [0.5, 0.6) is 0 Å². The van der Waals surface area contributed by atoms with Crippen molar-refractivity contribution in [3.63, 3.8) is 0 Å². The monoisotopic (exact) mass is 392 g/mol. The molecular formula is C16H13BrN2OS2. The molecule has 3 aromatic rings. The number of benzene rings is 1. The molecule has 0 saturated carbocycles. The third-order valence-corrected chi connectivity index (χ3v) is 5.94. The van der Waals surface area contributed by atoms with Gasteiger partial charge in [0.15, 0.2) is 5.16 Å². The van der Waals surface area contributed by atoms with Crippen LogP contribution >= 0.6 is 39.0 Å². The number of allylic oxidation sites excluding steroid dienone is 1. The molecule has 0 amide bonds. The van der Waals surface area contributed by atoms with E-state index in [1.165, 1.54) is 4.88 Å². The summed E-state index contributed by atoms with van der Waals surface area (Å²) in [5, 5.41) is 1.38. The number of para-hydroxylation sites is 1. The zero-order chi connectivity index (χ0) is 15.5. The Morgan fingerprint density at radius 2 is 2.14 bits per heavy atom. The highest BCUT2D eigenvalue weighted by Crippen LogP contribution is 2.28. The molecule has 0 unspecified atom stereocenters. The van der Waals surface area contributed by atoms with Crippen LogP contribution in [0.3, 0.4) is 0 Å². The lowest BCUT2D eigenvalue weighted by atomic mass is 10.2. The van der Waals surface area contributed by atoms with E-state index in [1.54, 1.807) is 33.7 Å². The fourth-order valence-corrected chi connectivity index (χ4v) is 4.65. The molecule has 2 heterocycles. The highest BCUT2D eigenvalue weighted by molar-refractivity contribution is 9.11. The molecule has 0 aliphatic heterocycles. The van der Waals surface area contributed by atoms with E-state index in [4.69, 9.17) is 0 Å². The quantitative estimate of drug-likeness (QED) is 0.358. The number of thiophene rings is 1. The van der Waals surface area contributed by atoms with Crippen molar-refractivity contribution < 1.29 is 0 Å². The van der Waals surface area contributed by atoms with Crippen LogP contribution in [0.25, 0.3) is 10.9 Å². The van der Waals surface area contributed by atoms with Crippen molar-refractivity contribution in [2.75, 3.05) is 0 Å². The second-order valence-electron chi connectivity index (χ2n) is 4.61. The molecule has 0 bridgehead atoms. The lowest BCUT2D eigenvalue weighted by Gasteiger charge is -2.10. The van der Waals surface area contributed by atoms with E-state index < -0.39 is 0 Å². The second kappa shape index (κ2) is 6.81. The van der Waals surface area contributed by atoms with Gasteiger partial charge in [0.2, 0.25) is 0 Å². The lowest BCUT2D eigenvalue weighted by Crippen LogP contribution is -2.22. The average Bonchev–Trinajstić information content (AvgIpc) is 2.94. The van der Waals surface area contributed by atoms with Gasteiger partial charge >= 0.3 is 0 Å². The molecule has 0 radical (unpaired) electrons. The van der Waals surface area contributed by atoms with Crippen molar-refractivity contribution in [2.45, 2.75) is 17.5 Å². The molecule has 0 fully saturated rings. The maximum atomic E-state index is 12.6. The number of nitrogens with zero attached hydrogens (tertiary/aromatic N) is 2. The Bertz CT molecular complexity index is 885. The smallest absolute Gasteiger partial charge is 0.262 e. The molecule has 2 aromatic heterocycles. The first kappa shape index (κ1) is 15.5. The molecule has 1 aromatic carbocycles. The minimum Gasteiger partial charge on any atom is -0.283 e. The van der Waals surface area contributed by atoms with Gasteiger partial charge in [-0.05, 0) is 40.2 Å². The average molecular weight is 393 g/mol. The van der Waals surface area contributed by atoms with Gasteiger partial charge in [0.05, 0.1) is 14.7 Å². The highest BCUT2D eigenvalue weighted by Gasteiger charge is 2.11. The first-order valence-corrected chi connectivity index (χ1v) is 9.26. The molecule has 3 nitrogen and oxygen atoms in total. The van der Waals surface area contributed by atoms with Gasteiger partial charge in [-0.2, -0.15) is 0 Å². The first-order valence-electron chi connectivity index (χ1n) is 6.66. The number of halogens is 1. The molecule has 6 heteroatoms. The van der Waals surface area contributed by atoms with E-state index in [1.807, 2.05) is 30.3 Å². The Hall–Kier alpha value is -1.37. The summed E-state index contributed by atoms with van der Waals surface area (Å²) in [4.78, 5) is 18.5. The van der Waals surface area contributed by atoms with Gasteiger partial charge in [-0.1, -0.05) is 30.0 Å². The van der Waals surface area contributed by atoms with Crippen molar-refractivity contribution in [1.82, 2.24) is 9.55 Å². The van der Waals surface area contributed by atoms with Gasteiger partial charge in [0, 0.05) is 17.2 Å². The van der Waals surface area contributed by atoms with Crippen molar-refractivity contribution in [2.24, 2.45) is 0 Å². The highest BCUT2D eigenvalue weighted by atomic mass is 79.9. The maximum Gasteiger partial charge on any atom is 0.262 e. The SMILES string of the molecule is C=CCn1c(SCc2ccc(Br)s2)nc2ccccc2c1=O. The summed E-state index contributed by atoms with van der Waals surface area (Å²) in [6.07, 6.45) is 1.73. The summed E-state index contributed by atoms with van der Waals surface area (Å²) in [7, 11) is 0. The summed E-state index contributed by atoms with van der Waals surface area (Å²) in [5.41, 5.74) is 0.725. The second-order valence-corrected chi connectivity index (χ2v) is 8.10. The number of thioether (sulfide) groups is 1. The van der Waals surface area contributed by atoms with E-state index in [0.29, 0.717) is 11.9 Å². The van der Waals surface area contributed by atoms with E-state index in [-0.39, 0.29) is 5.56 Å². The summed E-state index contributed by atoms with van der Waals surface area (Å²) in [6.45, 7) is 4.20. The van der Waals surface area contributed by atoms with Gasteiger partial charge < -0.3 is 0 Å². The largest absolute Gasteiger partial charge is 0.283 e. The molecule has 0 spiro atoms. The van der Waals surface area contributed by atoms with Crippen molar-refractivity contribution in [1.29, 1.82) is 0 Å². The molecule has 0 atom stereocenters. The zero-order valence-corrected chi connectivity index (χ0v) is 14.9. The third kappa shape index (κ3) is 3.19. The van der Waals surface area contributed by atoms with Crippen LogP contribution in [0.1, 0.15) is 4.88 Å². The van der Waals surface area contributed by atoms with Crippen LogP contribution in [-0.2, 0) is 12.3 Å². The lowest BCUT2D eigenvalue weighted by molar-refractivity contribution is 0.671. The Morgan fingerprint density at radius 1 is 1.32 bits per heavy atom. The van der Waals surface area contributed by atoms with E-state index >= 15 is 0 Å². The summed E-state index contributed by atoms with van der Waals surface area (Å²) < 4.78 is 2.79. The van der Waals surface area contributed by atoms with E-state index in [2.05, 4.69) is 33.6 Å². The topological polar surface area (TPSA) is 34.9 Å². The minimum absolute atomic E-state index is 0.0136. The number of rotatable bonds is 5. The van der Waals surface area contributed by atoms with Crippen LogP contribution in [0.4, 0.5) is 0 Å². The molecule has 112 valence electrons. The van der Waals surface area contributed by atoms with Crippen molar-refractivity contribution >= 4 is 49.9 Å². The fourth-order valence-electron chi connectivity index (χ4n) is 2.11. The van der Waals surface area contributed by atoms with E-state index in [9.17, 15) is 4.79 Å². The van der Waals surface area contributed by atoms with Gasteiger partial charge in [0.25, 0.3) is 5.56 Å². The molecule has 0 N–H and O–H groups in total.